The lowest BCUT2D eigenvalue weighted by Gasteiger charge is -2.06. The Morgan fingerprint density at radius 3 is 3.04 bits per heavy atom. The molecule has 1 heterocycles. The molecule has 1 aliphatic carbocycles. The van der Waals surface area contributed by atoms with E-state index in [0.29, 0.717) is 12.6 Å². The Balaban J connectivity index is 1.80. The number of anilines is 1. The van der Waals surface area contributed by atoms with Crippen LogP contribution in [0, 0.1) is 0 Å². The summed E-state index contributed by atoms with van der Waals surface area (Å²) in [5.41, 5.74) is 4.56. The minimum Gasteiger partial charge on any atom is -0.463 e. The van der Waals surface area contributed by atoms with Gasteiger partial charge in [-0.3, -0.25) is 0 Å². The number of carbonyl (C=O) groups excluding carboxylic acids is 1. The normalized spacial score (nSPS) is 12.5. The number of rotatable bonds is 5. The molecule has 0 bridgehead atoms. The average molecular weight is 328 g/mol. The van der Waals surface area contributed by atoms with E-state index in [9.17, 15) is 4.79 Å². The van der Waals surface area contributed by atoms with E-state index in [2.05, 4.69) is 31.3 Å². The number of benzene rings is 1. The van der Waals surface area contributed by atoms with Gasteiger partial charge in [0.1, 0.15) is 0 Å². The fraction of sp³-hybridized carbons (Fsp3) is 0.333. The van der Waals surface area contributed by atoms with Gasteiger partial charge in [-0.25, -0.2) is 9.78 Å². The third kappa shape index (κ3) is 3.45. The van der Waals surface area contributed by atoms with E-state index in [4.69, 9.17) is 9.72 Å². The van der Waals surface area contributed by atoms with Crippen molar-refractivity contribution in [3.63, 3.8) is 0 Å². The van der Waals surface area contributed by atoms with Crippen molar-refractivity contribution in [3.05, 3.63) is 40.3 Å². The summed E-state index contributed by atoms with van der Waals surface area (Å²) in [6.07, 6.45) is 4.17. The highest BCUT2D eigenvalue weighted by Gasteiger charge is 2.23. The molecule has 1 aliphatic rings. The molecule has 4 nitrogen and oxygen atoms in total. The molecule has 1 aromatic heterocycles. The predicted molar refractivity (Wildman–Crippen MR) is 94.8 cm³/mol. The third-order valence-corrected chi connectivity index (χ3v) is 4.53. The van der Waals surface area contributed by atoms with Gasteiger partial charge in [-0.2, -0.15) is 0 Å². The topological polar surface area (TPSA) is 51.2 Å². The Kier molecular flexibility index (Phi) is 4.48. The third-order valence-electron chi connectivity index (χ3n) is 3.54. The average Bonchev–Trinajstić information content (AvgIpc) is 3.01. The lowest BCUT2D eigenvalue weighted by atomic mass is 10.1. The molecule has 5 heteroatoms. The first-order valence-electron chi connectivity index (χ1n) is 7.81. The van der Waals surface area contributed by atoms with Gasteiger partial charge in [0, 0.05) is 29.0 Å². The second-order valence-corrected chi connectivity index (χ2v) is 6.85. The lowest BCUT2D eigenvalue weighted by molar-refractivity contribution is -0.137. The van der Waals surface area contributed by atoms with Crippen molar-refractivity contribution >= 4 is 28.5 Å². The molecule has 23 heavy (non-hydrogen) atoms. The van der Waals surface area contributed by atoms with Gasteiger partial charge >= 0.3 is 5.97 Å². The Labute approximate surface area is 140 Å². The van der Waals surface area contributed by atoms with Crippen LogP contribution in [-0.2, 0) is 16.0 Å². The Morgan fingerprint density at radius 2 is 2.30 bits per heavy atom. The number of hydrogen-bond donors (Lipinski definition) is 1. The summed E-state index contributed by atoms with van der Waals surface area (Å²) in [5, 5.41) is 4.35. The minimum absolute atomic E-state index is 0.307. The summed E-state index contributed by atoms with van der Waals surface area (Å²) in [7, 11) is 0. The number of nitrogens with one attached hydrogen (secondary N) is 1. The zero-order valence-electron chi connectivity index (χ0n) is 13.6. The fourth-order valence-electron chi connectivity index (χ4n) is 2.61. The molecule has 0 fully saturated rings. The van der Waals surface area contributed by atoms with Gasteiger partial charge in [0.2, 0.25) is 0 Å². The van der Waals surface area contributed by atoms with Gasteiger partial charge in [0.05, 0.1) is 12.3 Å². The van der Waals surface area contributed by atoms with Crippen molar-refractivity contribution in [2.45, 2.75) is 33.2 Å². The first-order chi connectivity index (χ1) is 11.1. The quantitative estimate of drug-likeness (QED) is 0.565. The van der Waals surface area contributed by atoms with E-state index in [1.54, 1.807) is 24.3 Å². The van der Waals surface area contributed by atoms with Crippen LogP contribution in [0.3, 0.4) is 0 Å². The minimum atomic E-state index is -0.307. The van der Waals surface area contributed by atoms with Crippen LogP contribution in [0.1, 0.15) is 36.8 Å². The second-order valence-electron chi connectivity index (χ2n) is 5.77. The molecule has 0 saturated carbocycles. The van der Waals surface area contributed by atoms with Crippen molar-refractivity contribution < 1.29 is 9.53 Å². The molecule has 0 aliphatic heterocycles. The van der Waals surface area contributed by atoms with E-state index in [1.165, 1.54) is 22.1 Å². The Hall–Kier alpha value is -2.14. The highest BCUT2D eigenvalue weighted by atomic mass is 32.1. The monoisotopic (exact) mass is 328 g/mol. The van der Waals surface area contributed by atoms with Crippen LogP contribution in [0.15, 0.2) is 24.3 Å². The van der Waals surface area contributed by atoms with E-state index in [1.807, 2.05) is 6.07 Å². The molecule has 2 aromatic rings. The summed E-state index contributed by atoms with van der Waals surface area (Å²) in [4.78, 5) is 17.4. The summed E-state index contributed by atoms with van der Waals surface area (Å²) in [6.45, 7) is 6.42. The van der Waals surface area contributed by atoms with Crippen LogP contribution in [0.2, 0.25) is 0 Å². The summed E-state index contributed by atoms with van der Waals surface area (Å²) in [6, 6.07) is 6.61. The maximum absolute atomic E-state index is 11.4. The Bertz CT molecular complexity index is 762. The molecule has 1 aromatic carbocycles. The summed E-state index contributed by atoms with van der Waals surface area (Å²) < 4.78 is 4.90. The fourth-order valence-corrected chi connectivity index (χ4v) is 3.76. The number of carbonyl (C=O) groups is 1. The maximum Gasteiger partial charge on any atom is 0.330 e. The Morgan fingerprint density at radius 1 is 1.48 bits per heavy atom. The zero-order chi connectivity index (χ0) is 16.4. The van der Waals surface area contributed by atoms with Crippen LogP contribution in [0.4, 0.5) is 5.13 Å². The first-order valence-corrected chi connectivity index (χ1v) is 8.63. The SMILES string of the molecule is CCOC(=O)/C=C/c1ccc2c(c1)Cc1sc(NC(C)C)nc1-2. The molecule has 120 valence electrons. The number of esters is 1. The van der Waals surface area contributed by atoms with E-state index < -0.39 is 0 Å². The van der Waals surface area contributed by atoms with Gasteiger partial charge in [-0.1, -0.05) is 18.2 Å². The second kappa shape index (κ2) is 6.54. The van der Waals surface area contributed by atoms with Crippen LogP contribution >= 0.6 is 11.3 Å². The largest absolute Gasteiger partial charge is 0.463 e. The molecule has 0 unspecified atom stereocenters. The highest BCUT2D eigenvalue weighted by Crippen LogP contribution is 2.41. The van der Waals surface area contributed by atoms with Gasteiger partial charge < -0.3 is 10.1 Å². The van der Waals surface area contributed by atoms with Crippen LogP contribution in [-0.4, -0.2) is 23.6 Å². The smallest absolute Gasteiger partial charge is 0.330 e. The van der Waals surface area contributed by atoms with Crippen LogP contribution < -0.4 is 5.32 Å². The molecule has 0 saturated heterocycles. The standard InChI is InChI=1S/C18H20N2O2S/c1-4-22-16(21)8-6-12-5-7-14-13(9-12)10-15-17(14)20-18(23-15)19-11(2)3/h5-9,11H,4,10H2,1-3H3,(H,19,20)/b8-6+. The van der Waals surface area contributed by atoms with Gasteiger partial charge in [0.25, 0.3) is 0 Å². The predicted octanol–water partition coefficient (Wildman–Crippen LogP) is 4.11. The number of thiazole rings is 1. The molecule has 0 spiro atoms. The molecule has 0 atom stereocenters. The molecule has 3 rings (SSSR count). The number of fused-ring (bicyclic) bond motifs is 3. The van der Waals surface area contributed by atoms with Crippen molar-refractivity contribution in [3.8, 4) is 11.3 Å². The van der Waals surface area contributed by atoms with E-state index in [-0.39, 0.29) is 5.97 Å². The summed E-state index contributed by atoms with van der Waals surface area (Å²) in [5.74, 6) is -0.307. The zero-order valence-corrected chi connectivity index (χ0v) is 14.4. The van der Waals surface area contributed by atoms with E-state index >= 15 is 0 Å². The number of aromatic nitrogens is 1. The van der Waals surface area contributed by atoms with Gasteiger partial charge in [0.15, 0.2) is 5.13 Å². The van der Waals surface area contributed by atoms with Crippen molar-refractivity contribution in [1.82, 2.24) is 4.98 Å². The van der Waals surface area contributed by atoms with Gasteiger partial charge in [-0.05, 0) is 38.0 Å². The van der Waals surface area contributed by atoms with Crippen molar-refractivity contribution in [2.75, 3.05) is 11.9 Å². The molecule has 0 radical (unpaired) electrons. The first kappa shape index (κ1) is 15.7. The molecular formula is C18H20N2O2S. The number of ether oxygens (including phenoxy) is 1. The number of nitrogens with zero attached hydrogens (tertiary/aromatic N) is 1. The van der Waals surface area contributed by atoms with Gasteiger partial charge in [-0.15, -0.1) is 11.3 Å². The van der Waals surface area contributed by atoms with E-state index in [0.717, 1.165) is 22.8 Å². The van der Waals surface area contributed by atoms with Crippen molar-refractivity contribution in [2.24, 2.45) is 0 Å². The molecular weight excluding hydrogens is 308 g/mol. The maximum atomic E-state index is 11.4. The highest BCUT2D eigenvalue weighted by molar-refractivity contribution is 7.16. The number of hydrogen-bond acceptors (Lipinski definition) is 5. The molecule has 1 N–H and O–H groups in total. The van der Waals surface area contributed by atoms with Crippen LogP contribution in [0.5, 0.6) is 0 Å². The summed E-state index contributed by atoms with van der Waals surface area (Å²) >= 11 is 1.72. The lowest BCUT2D eigenvalue weighted by Crippen LogP contribution is -2.09. The van der Waals surface area contributed by atoms with Crippen LogP contribution in [0.25, 0.3) is 17.3 Å². The van der Waals surface area contributed by atoms with Crippen molar-refractivity contribution in [1.29, 1.82) is 0 Å². The molecule has 0 amide bonds.